The quantitative estimate of drug-likeness (QED) is 0.609. The first kappa shape index (κ1) is 16.1. The fourth-order valence-electron chi connectivity index (χ4n) is 2.26. The number of allylic oxidation sites excluding steroid dienone is 2. The molecular formula is C19H23NO2. The molecule has 0 aliphatic carbocycles. The first-order valence-electron chi connectivity index (χ1n) is 7.49. The van der Waals surface area contributed by atoms with E-state index in [-0.39, 0.29) is 12.0 Å². The first-order valence-corrected chi connectivity index (χ1v) is 7.49. The van der Waals surface area contributed by atoms with Gasteiger partial charge in [-0.2, -0.15) is 0 Å². The number of hydrogen-bond donors (Lipinski definition) is 0. The molecule has 0 spiro atoms. The molecule has 0 aliphatic rings. The Balaban J connectivity index is 2.26. The number of nitrogens with zero attached hydrogens (tertiary/aromatic N) is 1. The van der Waals surface area contributed by atoms with Gasteiger partial charge in [-0.1, -0.05) is 42.5 Å². The molecule has 2 rings (SSSR count). The lowest BCUT2D eigenvalue weighted by Gasteiger charge is -2.19. The molecule has 0 saturated heterocycles. The van der Waals surface area contributed by atoms with Crippen LogP contribution >= 0.6 is 0 Å². The van der Waals surface area contributed by atoms with Crippen molar-refractivity contribution in [2.45, 2.75) is 39.3 Å². The van der Waals surface area contributed by atoms with Gasteiger partial charge in [0.05, 0.1) is 11.6 Å². The van der Waals surface area contributed by atoms with E-state index in [1.807, 2.05) is 68.9 Å². The van der Waals surface area contributed by atoms with E-state index >= 15 is 0 Å². The fourth-order valence-corrected chi connectivity index (χ4v) is 2.26. The number of rotatable bonds is 4. The number of esters is 1. The summed E-state index contributed by atoms with van der Waals surface area (Å²) in [6.45, 7) is 7.60. The zero-order valence-corrected chi connectivity index (χ0v) is 13.6. The van der Waals surface area contributed by atoms with Gasteiger partial charge in [0.25, 0.3) is 0 Å². The van der Waals surface area contributed by atoms with Crippen LogP contribution in [0.3, 0.4) is 0 Å². The monoisotopic (exact) mass is 297 g/mol. The Bertz CT molecular complexity index is 648. The Morgan fingerprint density at radius 2 is 1.86 bits per heavy atom. The molecule has 1 aromatic carbocycles. The summed E-state index contributed by atoms with van der Waals surface area (Å²) in [4.78, 5) is 12.1. The second-order valence-electron chi connectivity index (χ2n) is 6.23. The molecule has 116 valence electrons. The van der Waals surface area contributed by atoms with E-state index in [4.69, 9.17) is 4.74 Å². The number of benzene rings is 1. The molecule has 0 fully saturated rings. The predicted molar refractivity (Wildman–Crippen MR) is 89.0 cm³/mol. The van der Waals surface area contributed by atoms with Crippen molar-refractivity contribution in [2.75, 3.05) is 0 Å². The average Bonchev–Trinajstić information content (AvgIpc) is 2.93. The smallest absolute Gasteiger partial charge is 0.340 e. The number of hydrogen-bond acceptors (Lipinski definition) is 2. The maximum absolute atomic E-state index is 12.1. The lowest BCUT2D eigenvalue weighted by molar-refractivity contribution is 0.00695. The van der Waals surface area contributed by atoms with Gasteiger partial charge in [-0.05, 0) is 39.3 Å². The van der Waals surface area contributed by atoms with E-state index in [1.54, 1.807) is 6.07 Å². The van der Waals surface area contributed by atoms with E-state index in [0.717, 1.165) is 0 Å². The Kier molecular flexibility index (Phi) is 4.86. The molecule has 0 N–H and O–H groups in total. The molecule has 0 radical (unpaired) electrons. The molecule has 1 unspecified atom stereocenters. The lowest BCUT2D eigenvalue weighted by atomic mass is 10.1. The van der Waals surface area contributed by atoms with Gasteiger partial charge in [0.15, 0.2) is 0 Å². The van der Waals surface area contributed by atoms with E-state index in [9.17, 15) is 4.79 Å². The summed E-state index contributed by atoms with van der Waals surface area (Å²) in [6, 6.07) is 12.1. The third kappa shape index (κ3) is 4.10. The minimum Gasteiger partial charge on any atom is -0.456 e. The van der Waals surface area contributed by atoms with Gasteiger partial charge in [-0.15, -0.1) is 0 Å². The second-order valence-corrected chi connectivity index (χ2v) is 6.23. The van der Waals surface area contributed by atoms with Crippen molar-refractivity contribution >= 4 is 5.97 Å². The highest BCUT2D eigenvalue weighted by atomic mass is 16.6. The third-order valence-electron chi connectivity index (χ3n) is 3.19. The van der Waals surface area contributed by atoms with E-state index in [1.165, 1.54) is 5.56 Å². The van der Waals surface area contributed by atoms with Crippen LogP contribution in [0.25, 0.3) is 0 Å². The maximum atomic E-state index is 12.1. The molecule has 3 heteroatoms. The average molecular weight is 297 g/mol. The standard InChI is InChI=1S/C19H23NO2/c1-5-9-17(15-10-7-6-8-11-15)20-13-12-16(14-20)18(21)22-19(2,3)4/h5-14,17H,1-4H3. The molecular weight excluding hydrogens is 274 g/mol. The molecule has 1 heterocycles. The van der Waals surface area contributed by atoms with Crippen LogP contribution in [0.1, 0.15) is 49.7 Å². The van der Waals surface area contributed by atoms with Gasteiger partial charge in [0.2, 0.25) is 0 Å². The fraction of sp³-hybridized carbons (Fsp3) is 0.316. The van der Waals surface area contributed by atoms with Gasteiger partial charge >= 0.3 is 5.97 Å². The van der Waals surface area contributed by atoms with Gasteiger partial charge in [-0.3, -0.25) is 0 Å². The van der Waals surface area contributed by atoms with Crippen molar-refractivity contribution in [1.29, 1.82) is 0 Å². The van der Waals surface area contributed by atoms with Crippen LogP contribution in [0.15, 0.2) is 60.9 Å². The van der Waals surface area contributed by atoms with Crippen LogP contribution < -0.4 is 0 Å². The summed E-state index contributed by atoms with van der Waals surface area (Å²) in [6.07, 6.45) is 7.88. The minimum atomic E-state index is -0.485. The van der Waals surface area contributed by atoms with Crippen LogP contribution in [0.5, 0.6) is 0 Å². The Labute approximate surface area is 132 Å². The topological polar surface area (TPSA) is 31.2 Å². The number of carbonyl (C=O) groups is 1. The van der Waals surface area contributed by atoms with Crippen LogP contribution in [0, 0.1) is 0 Å². The molecule has 0 amide bonds. The van der Waals surface area contributed by atoms with Gasteiger partial charge in [0.1, 0.15) is 5.60 Å². The van der Waals surface area contributed by atoms with Crippen LogP contribution in [0.4, 0.5) is 0 Å². The maximum Gasteiger partial charge on any atom is 0.340 e. The third-order valence-corrected chi connectivity index (χ3v) is 3.19. The Morgan fingerprint density at radius 1 is 1.18 bits per heavy atom. The zero-order valence-electron chi connectivity index (χ0n) is 13.6. The van der Waals surface area contributed by atoms with E-state index < -0.39 is 5.60 Å². The zero-order chi connectivity index (χ0) is 16.2. The molecule has 2 aromatic rings. The summed E-state index contributed by atoms with van der Waals surface area (Å²) in [7, 11) is 0. The highest BCUT2D eigenvalue weighted by Crippen LogP contribution is 2.22. The van der Waals surface area contributed by atoms with E-state index in [0.29, 0.717) is 5.56 Å². The summed E-state index contributed by atoms with van der Waals surface area (Å²) in [5, 5.41) is 0. The summed E-state index contributed by atoms with van der Waals surface area (Å²) in [5.74, 6) is -0.293. The summed E-state index contributed by atoms with van der Waals surface area (Å²) < 4.78 is 7.43. The van der Waals surface area contributed by atoms with Crippen molar-refractivity contribution in [2.24, 2.45) is 0 Å². The van der Waals surface area contributed by atoms with Crippen molar-refractivity contribution in [1.82, 2.24) is 4.57 Å². The normalized spacial score (nSPS) is 13.3. The molecule has 3 nitrogen and oxygen atoms in total. The largest absolute Gasteiger partial charge is 0.456 e. The first-order chi connectivity index (χ1) is 10.4. The van der Waals surface area contributed by atoms with Crippen LogP contribution in [0.2, 0.25) is 0 Å². The summed E-state index contributed by atoms with van der Waals surface area (Å²) in [5.41, 5.74) is 1.26. The van der Waals surface area contributed by atoms with Crippen molar-refractivity contribution < 1.29 is 9.53 Å². The SMILES string of the molecule is CC=CC(c1ccccc1)n1ccc(C(=O)OC(C)(C)C)c1. The van der Waals surface area contributed by atoms with Crippen LogP contribution in [-0.4, -0.2) is 16.1 Å². The van der Waals surface area contributed by atoms with E-state index in [2.05, 4.69) is 18.2 Å². The minimum absolute atomic E-state index is 0.0717. The molecule has 1 aromatic heterocycles. The van der Waals surface area contributed by atoms with Crippen molar-refractivity contribution in [3.63, 3.8) is 0 Å². The van der Waals surface area contributed by atoms with Crippen LogP contribution in [-0.2, 0) is 4.74 Å². The molecule has 0 saturated carbocycles. The number of ether oxygens (including phenoxy) is 1. The van der Waals surface area contributed by atoms with Gasteiger partial charge in [-0.25, -0.2) is 4.79 Å². The molecule has 0 bridgehead atoms. The Morgan fingerprint density at radius 3 is 2.45 bits per heavy atom. The number of aromatic nitrogens is 1. The van der Waals surface area contributed by atoms with Gasteiger partial charge < -0.3 is 9.30 Å². The highest BCUT2D eigenvalue weighted by Gasteiger charge is 2.19. The molecule has 1 atom stereocenters. The number of carbonyl (C=O) groups excluding carboxylic acids is 1. The second kappa shape index (κ2) is 6.65. The summed E-state index contributed by atoms with van der Waals surface area (Å²) >= 11 is 0. The molecule has 0 aliphatic heterocycles. The lowest BCUT2D eigenvalue weighted by Crippen LogP contribution is -2.23. The Hall–Kier alpha value is -2.29. The highest BCUT2D eigenvalue weighted by molar-refractivity contribution is 5.89. The molecule has 22 heavy (non-hydrogen) atoms. The predicted octanol–water partition coefficient (Wildman–Crippen LogP) is 4.61. The van der Waals surface area contributed by atoms with Crippen molar-refractivity contribution in [3.05, 3.63) is 72.1 Å². The van der Waals surface area contributed by atoms with Gasteiger partial charge in [0, 0.05) is 12.4 Å². The van der Waals surface area contributed by atoms with Crippen molar-refractivity contribution in [3.8, 4) is 0 Å².